The van der Waals surface area contributed by atoms with Crippen LogP contribution in [0, 0.1) is 6.92 Å². The number of rotatable bonds is 7. The van der Waals surface area contributed by atoms with E-state index in [2.05, 4.69) is 19.2 Å². The topological polar surface area (TPSA) is 92.8 Å². The molecule has 2 aromatic rings. The van der Waals surface area contributed by atoms with Gasteiger partial charge in [-0.15, -0.1) is 0 Å². The first-order valence-electron chi connectivity index (χ1n) is 10.1. The molecule has 7 heteroatoms. The SMILES string of the molecule is Cc1ccc([C@]2(C)NC(=O)N(CC(=O)OCC(=O)c3ccc(C(C)C)cc3)C2=O)cc1. The van der Waals surface area contributed by atoms with Crippen LogP contribution in [0.3, 0.4) is 0 Å². The second-order valence-electron chi connectivity index (χ2n) is 8.17. The van der Waals surface area contributed by atoms with E-state index in [4.69, 9.17) is 4.74 Å². The van der Waals surface area contributed by atoms with Crippen molar-refractivity contribution in [2.24, 2.45) is 0 Å². The lowest BCUT2D eigenvalue weighted by Crippen LogP contribution is -2.41. The zero-order valence-corrected chi connectivity index (χ0v) is 18.1. The van der Waals surface area contributed by atoms with Crippen LogP contribution in [0.4, 0.5) is 4.79 Å². The van der Waals surface area contributed by atoms with Crippen LogP contribution in [0.1, 0.15) is 53.7 Å². The summed E-state index contributed by atoms with van der Waals surface area (Å²) in [6.45, 7) is 6.60. The molecule has 0 bridgehead atoms. The van der Waals surface area contributed by atoms with Crippen LogP contribution in [0.2, 0.25) is 0 Å². The minimum Gasteiger partial charge on any atom is -0.456 e. The summed E-state index contributed by atoms with van der Waals surface area (Å²) in [5.41, 5.74) is 1.90. The van der Waals surface area contributed by atoms with E-state index in [0.29, 0.717) is 17.0 Å². The molecule has 0 aliphatic carbocycles. The summed E-state index contributed by atoms with van der Waals surface area (Å²) >= 11 is 0. The van der Waals surface area contributed by atoms with Crippen molar-refractivity contribution in [2.75, 3.05) is 13.2 Å². The summed E-state index contributed by atoms with van der Waals surface area (Å²) in [6, 6.07) is 13.6. The van der Waals surface area contributed by atoms with Crippen LogP contribution < -0.4 is 5.32 Å². The van der Waals surface area contributed by atoms with Gasteiger partial charge < -0.3 is 10.1 Å². The number of esters is 1. The molecule has 0 radical (unpaired) electrons. The number of nitrogens with zero attached hydrogens (tertiary/aromatic N) is 1. The van der Waals surface area contributed by atoms with Gasteiger partial charge in [0, 0.05) is 5.56 Å². The molecular weight excluding hydrogens is 396 g/mol. The molecule has 1 aliphatic heterocycles. The van der Waals surface area contributed by atoms with Crippen molar-refractivity contribution in [2.45, 2.75) is 39.2 Å². The largest absolute Gasteiger partial charge is 0.456 e. The second kappa shape index (κ2) is 8.71. The quantitative estimate of drug-likeness (QED) is 0.420. The number of ether oxygens (including phenoxy) is 1. The van der Waals surface area contributed by atoms with E-state index >= 15 is 0 Å². The molecule has 0 spiro atoms. The zero-order valence-electron chi connectivity index (χ0n) is 18.1. The highest BCUT2D eigenvalue weighted by molar-refractivity contribution is 6.09. The third kappa shape index (κ3) is 4.66. The first kappa shape index (κ1) is 22.2. The Morgan fingerprint density at radius 1 is 1.03 bits per heavy atom. The van der Waals surface area contributed by atoms with Gasteiger partial charge in [0.25, 0.3) is 5.91 Å². The molecule has 2 aromatic carbocycles. The predicted molar refractivity (Wildman–Crippen MR) is 115 cm³/mol. The summed E-state index contributed by atoms with van der Waals surface area (Å²) in [4.78, 5) is 50.5. The number of carbonyl (C=O) groups excluding carboxylic acids is 4. The van der Waals surface area contributed by atoms with Crippen LogP contribution in [0.5, 0.6) is 0 Å². The van der Waals surface area contributed by atoms with Crippen LogP contribution in [-0.2, 0) is 19.9 Å². The van der Waals surface area contributed by atoms with Gasteiger partial charge in [-0.1, -0.05) is 67.9 Å². The lowest BCUT2D eigenvalue weighted by atomic mass is 9.91. The first-order chi connectivity index (χ1) is 14.6. The van der Waals surface area contributed by atoms with E-state index in [0.717, 1.165) is 16.0 Å². The van der Waals surface area contributed by atoms with Gasteiger partial charge in [0.15, 0.2) is 12.4 Å². The van der Waals surface area contributed by atoms with E-state index in [-0.39, 0.29) is 5.78 Å². The molecule has 31 heavy (non-hydrogen) atoms. The number of Topliss-reactive ketones (excluding diaryl/α,β-unsaturated/α-hetero) is 1. The van der Waals surface area contributed by atoms with E-state index in [1.165, 1.54) is 0 Å². The number of ketones is 1. The number of carbonyl (C=O) groups is 4. The van der Waals surface area contributed by atoms with Crippen molar-refractivity contribution in [3.8, 4) is 0 Å². The van der Waals surface area contributed by atoms with E-state index < -0.39 is 36.6 Å². The fourth-order valence-electron chi connectivity index (χ4n) is 3.38. The molecule has 0 aromatic heterocycles. The maximum atomic E-state index is 12.9. The molecule has 1 N–H and O–H groups in total. The Kier molecular flexibility index (Phi) is 6.24. The Balaban J connectivity index is 1.60. The normalized spacial score (nSPS) is 18.3. The smallest absolute Gasteiger partial charge is 0.326 e. The molecule has 1 atom stereocenters. The van der Waals surface area contributed by atoms with Crippen molar-refractivity contribution < 1.29 is 23.9 Å². The highest BCUT2D eigenvalue weighted by Gasteiger charge is 2.49. The highest BCUT2D eigenvalue weighted by atomic mass is 16.5. The van der Waals surface area contributed by atoms with Crippen molar-refractivity contribution >= 4 is 23.7 Å². The summed E-state index contributed by atoms with van der Waals surface area (Å²) in [7, 11) is 0. The van der Waals surface area contributed by atoms with E-state index in [1.807, 2.05) is 31.2 Å². The number of hydrogen-bond acceptors (Lipinski definition) is 5. The van der Waals surface area contributed by atoms with Crippen LogP contribution in [0.25, 0.3) is 0 Å². The summed E-state index contributed by atoms with van der Waals surface area (Å²) < 4.78 is 5.02. The number of benzene rings is 2. The molecule has 7 nitrogen and oxygen atoms in total. The zero-order chi connectivity index (χ0) is 22.8. The molecule has 0 saturated carbocycles. The van der Waals surface area contributed by atoms with Crippen LogP contribution in [-0.4, -0.2) is 41.7 Å². The van der Waals surface area contributed by atoms with Gasteiger partial charge in [-0.2, -0.15) is 0 Å². The average molecular weight is 422 g/mol. The molecule has 1 fully saturated rings. The Morgan fingerprint density at radius 2 is 1.65 bits per heavy atom. The Bertz CT molecular complexity index is 1010. The van der Waals surface area contributed by atoms with Gasteiger partial charge in [-0.3, -0.25) is 19.3 Å². The number of amides is 3. The minimum atomic E-state index is -1.26. The maximum Gasteiger partial charge on any atom is 0.326 e. The summed E-state index contributed by atoms with van der Waals surface area (Å²) in [5.74, 6) is -1.39. The number of nitrogens with one attached hydrogen (secondary N) is 1. The molecule has 1 aliphatic rings. The molecule has 162 valence electrons. The van der Waals surface area contributed by atoms with E-state index in [1.54, 1.807) is 31.2 Å². The molecular formula is C24H26N2O5. The monoisotopic (exact) mass is 422 g/mol. The fraction of sp³-hybridized carbons (Fsp3) is 0.333. The number of hydrogen-bond donors (Lipinski definition) is 1. The third-order valence-corrected chi connectivity index (χ3v) is 5.45. The van der Waals surface area contributed by atoms with Crippen molar-refractivity contribution in [1.82, 2.24) is 10.2 Å². The number of aryl methyl sites for hydroxylation is 1. The molecule has 1 saturated heterocycles. The average Bonchev–Trinajstić information content (AvgIpc) is 2.96. The third-order valence-electron chi connectivity index (χ3n) is 5.45. The van der Waals surface area contributed by atoms with E-state index in [9.17, 15) is 19.2 Å². The van der Waals surface area contributed by atoms with Gasteiger partial charge in [0.2, 0.25) is 0 Å². The molecule has 3 rings (SSSR count). The van der Waals surface area contributed by atoms with Crippen LogP contribution >= 0.6 is 0 Å². The Labute approximate surface area is 181 Å². The second-order valence-corrected chi connectivity index (χ2v) is 8.17. The summed E-state index contributed by atoms with van der Waals surface area (Å²) in [5, 5.41) is 2.64. The number of imide groups is 1. The van der Waals surface area contributed by atoms with Gasteiger partial charge in [0.1, 0.15) is 12.1 Å². The standard InChI is InChI=1S/C24H26N2O5/c1-15(2)17-7-9-18(10-8-17)20(27)14-31-21(28)13-26-22(29)24(4,25-23(26)30)19-11-5-16(3)6-12-19/h5-12,15H,13-14H2,1-4H3,(H,25,30)/t24-/m0/s1. The Hall–Kier alpha value is -3.48. The molecule has 0 unspecified atom stereocenters. The van der Waals surface area contributed by atoms with Crippen molar-refractivity contribution in [3.63, 3.8) is 0 Å². The lowest BCUT2D eigenvalue weighted by molar-refractivity contribution is -0.146. The predicted octanol–water partition coefficient (Wildman–Crippen LogP) is 3.31. The van der Waals surface area contributed by atoms with Crippen molar-refractivity contribution in [3.05, 3.63) is 70.8 Å². The van der Waals surface area contributed by atoms with Gasteiger partial charge in [0.05, 0.1) is 0 Å². The fourth-order valence-corrected chi connectivity index (χ4v) is 3.38. The minimum absolute atomic E-state index is 0.344. The summed E-state index contributed by atoms with van der Waals surface area (Å²) in [6.07, 6.45) is 0. The van der Waals surface area contributed by atoms with Gasteiger partial charge in [-0.25, -0.2) is 4.79 Å². The van der Waals surface area contributed by atoms with Gasteiger partial charge in [-0.05, 0) is 30.9 Å². The number of urea groups is 1. The van der Waals surface area contributed by atoms with Crippen LogP contribution in [0.15, 0.2) is 48.5 Å². The first-order valence-corrected chi connectivity index (χ1v) is 10.1. The maximum absolute atomic E-state index is 12.9. The Morgan fingerprint density at radius 3 is 2.23 bits per heavy atom. The van der Waals surface area contributed by atoms with Gasteiger partial charge >= 0.3 is 12.0 Å². The van der Waals surface area contributed by atoms with Crippen molar-refractivity contribution in [1.29, 1.82) is 0 Å². The lowest BCUT2D eigenvalue weighted by Gasteiger charge is -2.22. The highest BCUT2D eigenvalue weighted by Crippen LogP contribution is 2.29. The molecule has 3 amide bonds. The molecule has 1 heterocycles.